The molecule has 1 aliphatic heterocycles. The Bertz CT molecular complexity index is 1010. The summed E-state index contributed by atoms with van der Waals surface area (Å²) in [5.74, 6) is 8.91. The summed E-state index contributed by atoms with van der Waals surface area (Å²) in [5, 5.41) is 14.3. The van der Waals surface area contributed by atoms with Crippen LogP contribution in [0.3, 0.4) is 0 Å². The quantitative estimate of drug-likeness (QED) is 0.375. The first-order chi connectivity index (χ1) is 17.1. The van der Waals surface area contributed by atoms with E-state index in [1.165, 1.54) is 4.90 Å². The summed E-state index contributed by atoms with van der Waals surface area (Å²) in [5.41, 5.74) is 0.140. The van der Waals surface area contributed by atoms with Crippen LogP contribution in [-0.4, -0.2) is 65.5 Å². The maximum absolute atomic E-state index is 12.4. The number of hydrogen-bond donors (Lipinski definition) is 3. The minimum atomic E-state index is -0.893. The maximum atomic E-state index is 12.4. The third kappa shape index (κ3) is 10.6. The average molecular weight is 498 g/mol. The maximum Gasteiger partial charge on any atom is 0.408 e. The third-order valence-electron chi connectivity index (χ3n) is 5.19. The number of alkyl carbamates (subject to hydrolysis) is 1. The summed E-state index contributed by atoms with van der Waals surface area (Å²) in [7, 11) is 0. The van der Waals surface area contributed by atoms with Gasteiger partial charge >= 0.3 is 12.2 Å². The van der Waals surface area contributed by atoms with Crippen LogP contribution in [0.5, 0.6) is 5.75 Å². The molecule has 1 aromatic rings. The van der Waals surface area contributed by atoms with E-state index >= 15 is 0 Å². The molecule has 3 N–H and O–H groups in total. The van der Waals surface area contributed by atoms with Crippen molar-refractivity contribution >= 4 is 18.1 Å². The first-order valence-electron chi connectivity index (χ1n) is 12.0. The number of nitrogens with zero attached hydrogens (tertiary/aromatic N) is 1. The van der Waals surface area contributed by atoms with Crippen molar-refractivity contribution in [2.75, 3.05) is 19.6 Å². The third-order valence-corrected chi connectivity index (χ3v) is 5.19. The van der Waals surface area contributed by atoms with Crippen molar-refractivity contribution in [1.82, 2.24) is 15.5 Å². The number of amides is 3. The van der Waals surface area contributed by atoms with Gasteiger partial charge in [0.25, 0.3) is 0 Å². The number of carboxylic acid groups (broad SMARTS) is 1. The first-order valence-corrected chi connectivity index (χ1v) is 12.0. The Morgan fingerprint density at radius 1 is 1.25 bits per heavy atom. The van der Waals surface area contributed by atoms with Gasteiger partial charge in [-0.2, -0.15) is 0 Å². The number of ether oxygens (including phenoxy) is 2. The van der Waals surface area contributed by atoms with E-state index in [4.69, 9.17) is 21.0 Å². The van der Waals surface area contributed by atoms with E-state index in [0.717, 1.165) is 5.56 Å². The number of rotatable bonds is 8. The molecule has 9 nitrogen and oxygen atoms in total. The predicted octanol–water partition coefficient (Wildman–Crippen LogP) is 3.37. The highest BCUT2D eigenvalue weighted by molar-refractivity contribution is 5.85. The lowest BCUT2D eigenvalue weighted by molar-refractivity contribution is -0.123. The molecule has 1 aliphatic rings. The van der Waals surface area contributed by atoms with Gasteiger partial charge in [0.15, 0.2) is 0 Å². The number of nitrogens with one attached hydrogen (secondary N) is 2. The van der Waals surface area contributed by atoms with Crippen molar-refractivity contribution in [3.63, 3.8) is 0 Å². The highest BCUT2D eigenvalue weighted by Gasteiger charge is 2.24. The Hall–Kier alpha value is -3.85. The molecule has 1 heterocycles. The van der Waals surface area contributed by atoms with Crippen molar-refractivity contribution in [2.24, 2.45) is 0 Å². The summed E-state index contributed by atoms with van der Waals surface area (Å²) in [6, 6.07) is 6.62. The molecule has 0 aliphatic carbocycles. The zero-order chi connectivity index (χ0) is 26.6. The van der Waals surface area contributed by atoms with Gasteiger partial charge in [0.05, 0.1) is 0 Å². The van der Waals surface area contributed by atoms with Crippen molar-refractivity contribution < 1.29 is 29.0 Å². The Morgan fingerprint density at radius 3 is 2.61 bits per heavy atom. The van der Waals surface area contributed by atoms with Crippen LogP contribution in [0.4, 0.5) is 9.59 Å². The molecule has 194 valence electrons. The molecule has 0 saturated carbocycles. The molecule has 0 aromatic heterocycles. The van der Waals surface area contributed by atoms with Gasteiger partial charge in [0.2, 0.25) is 5.91 Å². The van der Waals surface area contributed by atoms with Gasteiger partial charge in [-0.15, -0.1) is 12.3 Å². The van der Waals surface area contributed by atoms with Crippen LogP contribution in [0.2, 0.25) is 0 Å². The van der Waals surface area contributed by atoms with E-state index in [-0.39, 0.29) is 18.4 Å². The zero-order valence-electron chi connectivity index (χ0n) is 21.1. The van der Waals surface area contributed by atoms with Gasteiger partial charge in [0, 0.05) is 50.9 Å². The van der Waals surface area contributed by atoms with Crippen LogP contribution in [0, 0.1) is 24.2 Å². The monoisotopic (exact) mass is 497 g/mol. The fraction of sp³-hybridized carbons (Fsp3) is 0.519. The Labute approximate surface area is 212 Å². The minimum absolute atomic E-state index is 0.0180. The minimum Gasteiger partial charge on any atom is -0.490 e. The fourth-order valence-corrected chi connectivity index (χ4v) is 3.46. The van der Waals surface area contributed by atoms with Crippen LogP contribution in [0.25, 0.3) is 0 Å². The molecule has 3 amide bonds. The van der Waals surface area contributed by atoms with Crippen LogP contribution >= 0.6 is 0 Å². The number of likely N-dealkylation sites (tertiary alicyclic amines) is 1. The van der Waals surface area contributed by atoms with Crippen LogP contribution in [0.15, 0.2) is 24.3 Å². The molecular weight excluding hydrogens is 462 g/mol. The SMILES string of the molecule is C#CCC(NC(=O)OC(C)(C)C)C(=O)NCCCC#Cc1cccc(OC2CCN(C(=O)O)CC2)c1. The number of hydrogen-bond acceptors (Lipinski definition) is 5. The highest BCUT2D eigenvalue weighted by atomic mass is 16.6. The Kier molecular flexibility index (Phi) is 11.0. The molecule has 9 heteroatoms. The lowest BCUT2D eigenvalue weighted by atomic mass is 10.1. The number of benzene rings is 1. The first kappa shape index (κ1) is 28.4. The molecule has 1 saturated heterocycles. The molecule has 0 spiro atoms. The topological polar surface area (TPSA) is 117 Å². The van der Waals surface area contributed by atoms with E-state index in [2.05, 4.69) is 28.4 Å². The summed E-state index contributed by atoms with van der Waals surface area (Å²) in [6.07, 6.45) is 6.29. The summed E-state index contributed by atoms with van der Waals surface area (Å²) >= 11 is 0. The summed E-state index contributed by atoms with van der Waals surface area (Å²) < 4.78 is 11.2. The van der Waals surface area contributed by atoms with Gasteiger partial charge in [-0.05, 0) is 45.4 Å². The second-order valence-corrected chi connectivity index (χ2v) is 9.42. The van der Waals surface area contributed by atoms with Gasteiger partial charge < -0.3 is 30.1 Å². The van der Waals surface area contributed by atoms with Crippen molar-refractivity contribution in [3.8, 4) is 29.9 Å². The van der Waals surface area contributed by atoms with E-state index in [0.29, 0.717) is 51.1 Å². The largest absolute Gasteiger partial charge is 0.490 e. The fourth-order valence-electron chi connectivity index (χ4n) is 3.46. The number of terminal acetylenes is 1. The van der Waals surface area contributed by atoms with Gasteiger partial charge in [-0.25, -0.2) is 9.59 Å². The average Bonchev–Trinajstić information content (AvgIpc) is 2.80. The molecule has 2 rings (SSSR count). The highest BCUT2D eigenvalue weighted by Crippen LogP contribution is 2.20. The number of carbonyl (C=O) groups is 3. The second-order valence-electron chi connectivity index (χ2n) is 9.42. The lowest BCUT2D eigenvalue weighted by Crippen LogP contribution is -2.48. The van der Waals surface area contributed by atoms with Gasteiger partial charge in [-0.3, -0.25) is 4.79 Å². The van der Waals surface area contributed by atoms with Crippen molar-refractivity contribution in [1.29, 1.82) is 0 Å². The van der Waals surface area contributed by atoms with Gasteiger partial charge in [0.1, 0.15) is 23.5 Å². The van der Waals surface area contributed by atoms with Crippen LogP contribution in [-0.2, 0) is 9.53 Å². The molecular formula is C27H35N3O6. The molecule has 1 unspecified atom stereocenters. The van der Waals surface area contributed by atoms with E-state index in [9.17, 15) is 14.4 Å². The predicted molar refractivity (Wildman–Crippen MR) is 135 cm³/mol. The van der Waals surface area contributed by atoms with Crippen LogP contribution < -0.4 is 15.4 Å². The summed E-state index contributed by atoms with van der Waals surface area (Å²) in [4.78, 5) is 36.7. The van der Waals surface area contributed by atoms with Gasteiger partial charge in [-0.1, -0.05) is 17.9 Å². The van der Waals surface area contributed by atoms with E-state index < -0.39 is 23.8 Å². The van der Waals surface area contributed by atoms with Crippen molar-refractivity contribution in [2.45, 2.75) is 70.6 Å². The Morgan fingerprint density at radius 2 is 1.97 bits per heavy atom. The summed E-state index contributed by atoms with van der Waals surface area (Å²) in [6.45, 7) is 6.54. The zero-order valence-corrected chi connectivity index (χ0v) is 21.1. The van der Waals surface area contributed by atoms with E-state index in [1.807, 2.05) is 24.3 Å². The molecule has 0 bridgehead atoms. The smallest absolute Gasteiger partial charge is 0.408 e. The molecule has 1 atom stereocenters. The standard InChI is InChI=1S/C27H35N3O6/c1-5-10-23(29-25(32)36-27(2,3)4)24(31)28-16-8-6-7-11-20-12-9-13-22(19-20)35-21-14-17-30(18-15-21)26(33)34/h1,9,12-13,19,21,23H,6,8,10,14-18H2,2-4H3,(H,28,31)(H,29,32)(H,33,34). The van der Waals surface area contributed by atoms with Crippen molar-refractivity contribution in [3.05, 3.63) is 29.8 Å². The molecule has 1 aromatic carbocycles. The Balaban J connectivity index is 1.74. The second kappa shape index (κ2) is 13.9. The molecule has 1 fully saturated rings. The number of unbranched alkanes of at least 4 members (excludes halogenated alkanes) is 1. The number of carbonyl (C=O) groups excluding carboxylic acids is 2. The lowest BCUT2D eigenvalue weighted by Gasteiger charge is -2.30. The molecule has 36 heavy (non-hydrogen) atoms. The molecule has 0 radical (unpaired) electrons. The van der Waals surface area contributed by atoms with E-state index in [1.54, 1.807) is 20.8 Å². The normalized spacial score (nSPS) is 14.4. The number of piperidine rings is 1. The van der Waals surface area contributed by atoms with Crippen LogP contribution in [0.1, 0.15) is 58.4 Å².